The van der Waals surface area contributed by atoms with Gasteiger partial charge in [0.05, 0.1) is 45.3 Å². The molecule has 0 aliphatic heterocycles. The van der Waals surface area contributed by atoms with Crippen LogP contribution in [0.2, 0.25) is 0 Å². The number of halogens is 3. The minimum atomic E-state index is -4.80. The van der Waals surface area contributed by atoms with Gasteiger partial charge in [0, 0.05) is 10.5 Å². The minimum absolute atomic E-state index is 0.0842. The number of aryl methyl sites for hydroxylation is 1. The molecule has 0 radical (unpaired) electrons. The van der Waals surface area contributed by atoms with Crippen LogP contribution in [0, 0.1) is 6.92 Å². The van der Waals surface area contributed by atoms with Crippen LogP contribution in [0.25, 0.3) is 11.1 Å². The van der Waals surface area contributed by atoms with Crippen LogP contribution in [-0.4, -0.2) is 18.6 Å². The van der Waals surface area contributed by atoms with E-state index >= 15 is 0 Å². The van der Waals surface area contributed by atoms with Crippen LogP contribution in [0.4, 0.5) is 35.9 Å². The summed E-state index contributed by atoms with van der Waals surface area (Å²) in [7, 11) is -4.31. The average molecular weight is 635 g/mol. The number of alkyl halides is 3. The van der Waals surface area contributed by atoms with Crippen molar-refractivity contribution in [1.29, 1.82) is 0 Å². The number of sulfonamides is 1. The fraction of sp³-hybridized carbons (Fsp3) is 0.0769. The lowest BCUT2D eigenvalue weighted by Crippen LogP contribution is -2.13. The molecule has 12 nitrogen and oxygen atoms in total. The maximum Gasteiger partial charge on any atom is 0.420 e. The predicted octanol–water partition coefficient (Wildman–Crippen LogP) is 7.40. The Morgan fingerprint density at radius 1 is 0.767 bits per heavy atom. The molecule has 0 fully saturated rings. The van der Waals surface area contributed by atoms with Gasteiger partial charge < -0.3 is 10.2 Å². The first-order valence-electron chi connectivity index (χ1n) is 11.8. The molecule has 0 spiro atoms. The lowest BCUT2D eigenvalue weighted by Gasteiger charge is -2.13. The van der Waals surface area contributed by atoms with Crippen molar-refractivity contribution in [3.05, 3.63) is 83.9 Å². The molecule has 4 aromatic carbocycles. The topological polar surface area (TPSA) is 195 Å². The molecule has 17 heteroatoms. The van der Waals surface area contributed by atoms with Gasteiger partial charge in [-0.3, -0.25) is 0 Å². The van der Waals surface area contributed by atoms with E-state index < -0.39 is 27.5 Å². The number of benzene rings is 4. The lowest BCUT2D eigenvalue weighted by molar-refractivity contribution is -0.195. The van der Waals surface area contributed by atoms with E-state index in [0.29, 0.717) is 29.4 Å². The molecular weight excluding hydrogens is 613 g/mol. The van der Waals surface area contributed by atoms with Crippen molar-refractivity contribution in [3.63, 3.8) is 0 Å². The lowest BCUT2D eigenvalue weighted by atomic mass is 10.0. The number of hydrogen-bond acceptors (Lipinski definition) is 12. The third-order valence-electron chi connectivity index (χ3n) is 5.72. The van der Waals surface area contributed by atoms with E-state index in [4.69, 9.17) is 15.4 Å². The van der Waals surface area contributed by atoms with E-state index in [1.165, 1.54) is 48.5 Å². The van der Waals surface area contributed by atoms with E-state index in [1.54, 1.807) is 13.0 Å². The predicted molar refractivity (Wildman–Crippen MR) is 150 cm³/mol. The molecule has 0 bridgehead atoms. The summed E-state index contributed by atoms with van der Waals surface area (Å²) in [5.74, 6) is 4.10. The summed E-state index contributed by atoms with van der Waals surface area (Å²) in [6.45, 7) is 1.68. The first kappa shape index (κ1) is 31.5. The van der Waals surface area contributed by atoms with Crippen LogP contribution < -0.4 is 11.0 Å². The molecule has 4 rings (SSSR count). The van der Waals surface area contributed by atoms with Gasteiger partial charge in [0.15, 0.2) is 0 Å². The number of aromatic hydroxyl groups is 2. The van der Waals surface area contributed by atoms with E-state index in [2.05, 4.69) is 25.4 Å². The molecule has 0 aliphatic carbocycles. The Morgan fingerprint density at radius 2 is 1.28 bits per heavy atom. The zero-order valence-electron chi connectivity index (χ0n) is 21.8. The minimum Gasteiger partial charge on any atom is -0.508 e. The number of azo groups is 2. The van der Waals surface area contributed by atoms with Gasteiger partial charge >= 0.3 is 6.18 Å². The molecule has 0 aromatic heterocycles. The molecule has 0 heterocycles. The van der Waals surface area contributed by atoms with Crippen molar-refractivity contribution in [2.45, 2.75) is 22.9 Å². The second-order valence-electron chi connectivity index (χ2n) is 8.72. The third kappa shape index (κ3) is 7.92. The van der Waals surface area contributed by atoms with E-state index in [9.17, 15) is 31.8 Å². The van der Waals surface area contributed by atoms with Crippen LogP contribution in [0.15, 0.2) is 103 Å². The molecule has 4 aromatic rings. The van der Waals surface area contributed by atoms with E-state index in [1.807, 2.05) is 0 Å². The van der Waals surface area contributed by atoms with Crippen LogP contribution in [0.1, 0.15) is 11.1 Å². The molecule has 43 heavy (non-hydrogen) atoms. The number of rotatable bonds is 9. The fourth-order valence-electron chi connectivity index (χ4n) is 3.70. The van der Waals surface area contributed by atoms with Crippen molar-refractivity contribution in [1.82, 2.24) is 0 Å². The van der Waals surface area contributed by atoms with Gasteiger partial charge in [-0.1, -0.05) is 12.1 Å². The van der Waals surface area contributed by atoms with Crippen molar-refractivity contribution in [2.24, 2.45) is 31.5 Å². The Hall–Kier alpha value is -4.39. The molecule has 0 unspecified atom stereocenters. The highest BCUT2D eigenvalue weighted by molar-refractivity contribution is 7.94. The molecular formula is C26H21F3N6O6S2. The summed E-state index contributed by atoms with van der Waals surface area (Å²) in [6, 6.07) is 15.6. The Morgan fingerprint density at radius 3 is 1.84 bits per heavy atom. The van der Waals surface area contributed by atoms with Gasteiger partial charge in [0.2, 0.25) is 10.0 Å². The largest absolute Gasteiger partial charge is 0.508 e. The molecule has 0 saturated heterocycles. The second kappa shape index (κ2) is 12.9. The molecule has 0 saturated carbocycles. The zero-order chi connectivity index (χ0) is 31.4. The number of nitrogens with two attached hydrogens (primary N) is 2. The van der Waals surface area contributed by atoms with Gasteiger partial charge in [-0.05, 0) is 78.7 Å². The Balaban J connectivity index is 1.72. The van der Waals surface area contributed by atoms with Gasteiger partial charge in [0.1, 0.15) is 11.5 Å². The van der Waals surface area contributed by atoms with Crippen LogP contribution >= 0.6 is 12.0 Å². The smallest absolute Gasteiger partial charge is 0.420 e. The van der Waals surface area contributed by atoms with Crippen LogP contribution in [0.5, 0.6) is 11.5 Å². The standard InChI is InChI=1S/C26H21F3N6O6S2/c1-14-10-15(4-8-22(14)36)32-35-18-3-7-20(25(13-18)43(31,38)39)19-6-2-17(12-24(19)42-41-40-30)34-33-16-5-9-23(37)21(11-16)26(27,28)29/h2-13,36-37H,30H2,1H3,(H2,31,38,39). The normalized spacial score (nSPS) is 12.4. The Labute approximate surface area is 246 Å². The molecule has 224 valence electrons. The average Bonchev–Trinajstić information content (AvgIpc) is 2.95. The van der Waals surface area contributed by atoms with Crippen LogP contribution in [0.3, 0.4) is 0 Å². The van der Waals surface area contributed by atoms with Crippen molar-refractivity contribution < 1.29 is 41.1 Å². The molecule has 0 atom stereocenters. The highest BCUT2D eigenvalue weighted by atomic mass is 32.2. The number of phenols is 2. The summed E-state index contributed by atoms with van der Waals surface area (Å²) in [5.41, 5.74) is 0.249. The van der Waals surface area contributed by atoms with E-state index in [0.717, 1.165) is 12.1 Å². The third-order valence-corrected chi connectivity index (χ3v) is 7.33. The highest BCUT2D eigenvalue weighted by Crippen LogP contribution is 2.41. The number of hydrogen-bond donors (Lipinski definition) is 4. The first-order chi connectivity index (χ1) is 20.3. The van der Waals surface area contributed by atoms with Crippen molar-refractivity contribution in [3.8, 4) is 22.6 Å². The summed E-state index contributed by atoms with van der Waals surface area (Å²) < 4.78 is 69.3. The number of primary sulfonamides is 1. The van der Waals surface area contributed by atoms with Crippen LogP contribution in [-0.2, 0) is 25.5 Å². The van der Waals surface area contributed by atoms with Crippen molar-refractivity contribution in [2.75, 3.05) is 0 Å². The highest BCUT2D eigenvalue weighted by Gasteiger charge is 2.34. The summed E-state index contributed by atoms with van der Waals surface area (Å²) in [6.07, 6.45) is -4.80. The van der Waals surface area contributed by atoms with Crippen molar-refractivity contribution >= 4 is 44.8 Å². The maximum absolute atomic E-state index is 13.1. The Kier molecular flexibility index (Phi) is 9.43. The maximum atomic E-state index is 13.1. The number of phenolic OH excluding ortho intramolecular Hbond substituents is 2. The summed E-state index contributed by atoms with van der Waals surface area (Å²) >= 11 is 0.590. The first-order valence-corrected chi connectivity index (χ1v) is 14.1. The molecule has 6 N–H and O–H groups in total. The summed E-state index contributed by atoms with van der Waals surface area (Å²) in [5, 5.41) is 40.6. The quantitative estimate of drug-likeness (QED) is 0.0632. The van der Waals surface area contributed by atoms with Gasteiger partial charge in [0.25, 0.3) is 0 Å². The summed E-state index contributed by atoms with van der Waals surface area (Å²) in [4.78, 5) is 4.08. The molecule has 0 amide bonds. The van der Waals surface area contributed by atoms with Gasteiger partial charge in [-0.2, -0.15) is 39.5 Å². The monoisotopic (exact) mass is 634 g/mol. The van der Waals surface area contributed by atoms with Gasteiger partial charge in [-0.25, -0.2) is 13.6 Å². The Bertz CT molecular complexity index is 1840. The zero-order valence-corrected chi connectivity index (χ0v) is 23.5. The second-order valence-corrected chi connectivity index (χ2v) is 11.0. The molecule has 0 aliphatic rings. The SMILES string of the molecule is Cc1cc(N=Nc2ccc(-c3ccc(N=Nc4ccc(O)c(C(F)(F)F)c4)cc3SOON)c(S(N)(=O)=O)c2)ccc1O. The van der Waals surface area contributed by atoms with E-state index in [-0.39, 0.29) is 43.7 Å². The number of nitrogens with zero attached hydrogens (tertiary/aromatic N) is 4. The fourth-order valence-corrected chi connectivity index (χ4v) is 5.02. The van der Waals surface area contributed by atoms with Gasteiger partial charge in [-0.15, -0.1) is 9.32 Å².